The summed E-state index contributed by atoms with van der Waals surface area (Å²) in [5.74, 6) is 0. The maximum absolute atomic E-state index is 5.78. The highest BCUT2D eigenvalue weighted by molar-refractivity contribution is 5.46. The molecule has 4 nitrogen and oxygen atoms in total. The quantitative estimate of drug-likeness (QED) is 0.703. The molecule has 4 heteroatoms. The summed E-state index contributed by atoms with van der Waals surface area (Å²) in [7, 11) is 4.01. The molecule has 0 amide bonds. The molecule has 0 unspecified atom stereocenters. The molecule has 0 radical (unpaired) electrons. The Kier molecular flexibility index (Phi) is 2.38. The van der Waals surface area contributed by atoms with E-state index in [4.69, 9.17) is 5.73 Å². The van der Waals surface area contributed by atoms with Gasteiger partial charge in [-0.2, -0.15) is 5.10 Å². The average molecular weight is 168 g/mol. The van der Waals surface area contributed by atoms with Crippen LogP contribution >= 0.6 is 0 Å². The Morgan fingerprint density at radius 2 is 2.00 bits per heavy atom. The van der Waals surface area contributed by atoms with Gasteiger partial charge in [-0.05, 0) is 27.9 Å². The van der Waals surface area contributed by atoms with Gasteiger partial charge in [0.05, 0.1) is 23.7 Å². The van der Waals surface area contributed by atoms with Gasteiger partial charge in [0.2, 0.25) is 0 Å². The van der Waals surface area contributed by atoms with E-state index < -0.39 is 0 Å². The van der Waals surface area contributed by atoms with Gasteiger partial charge in [0.15, 0.2) is 0 Å². The first kappa shape index (κ1) is 9.06. The van der Waals surface area contributed by atoms with Crippen LogP contribution in [0.3, 0.4) is 0 Å². The highest BCUT2D eigenvalue weighted by atomic mass is 15.4. The predicted octanol–water partition coefficient (Wildman–Crippen LogP) is 0.601. The Labute approximate surface area is 73.0 Å². The van der Waals surface area contributed by atoms with Crippen LogP contribution in [0.4, 0.5) is 5.69 Å². The Balaban J connectivity index is 2.93. The third kappa shape index (κ3) is 1.58. The first-order chi connectivity index (χ1) is 5.52. The Bertz CT molecular complexity index is 275. The van der Waals surface area contributed by atoms with Crippen LogP contribution in [-0.4, -0.2) is 28.8 Å². The lowest BCUT2D eigenvalue weighted by atomic mass is 10.3. The number of hydrogen-bond donors (Lipinski definition) is 1. The predicted molar refractivity (Wildman–Crippen MR) is 49.8 cm³/mol. The molecule has 2 N–H and O–H groups in total. The van der Waals surface area contributed by atoms with Crippen molar-refractivity contribution in [2.24, 2.45) is 0 Å². The van der Waals surface area contributed by atoms with Crippen molar-refractivity contribution in [3.8, 4) is 0 Å². The zero-order valence-electron chi connectivity index (χ0n) is 8.13. The highest BCUT2D eigenvalue weighted by Gasteiger charge is 2.07. The molecule has 1 aromatic heterocycles. The van der Waals surface area contributed by atoms with Gasteiger partial charge >= 0.3 is 0 Å². The van der Waals surface area contributed by atoms with Crippen molar-refractivity contribution >= 4 is 5.69 Å². The maximum atomic E-state index is 5.78. The molecule has 1 aromatic rings. The lowest BCUT2D eigenvalue weighted by molar-refractivity contribution is 0.303. The monoisotopic (exact) mass is 168 g/mol. The molecule has 0 spiro atoms. The normalized spacial score (nSPS) is 11.1. The Hall–Kier alpha value is -1.03. The standard InChI is InChI=1S/C8H16N4/c1-6-8(9)7(2)12(10-6)5-11(3)4/h5,9H2,1-4H3. The summed E-state index contributed by atoms with van der Waals surface area (Å²) in [6.45, 7) is 4.69. The summed E-state index contributed by atoms with van der Waals surface area (Å²) in [5, 5.41) is 4.30. The number of anilines is 1. The lowest BCUT2D eigenvalue weighted by Gasteiger charge is -2.10. The van der Waals surface area contributed by atoms with Gasteiger partial charge in [-0.15, -0.1) is 0 Å². The molecule has 0 aliphatic carbocycles. The van der Waals surface area contributed by atoms with Gasteiger partial charge in [-0.3, -0.25) is 9.58 Å². The number of aryl methyl sites for hydroxylation is 1. The first-order valence-corrected chi connectivity index (χ1v) is 3.96. The van der Waals surface area contributed by atoms with Crippen molar-refractivity contribution in [3.05, 3.63) is 11.4 Å². The van der Waals surface area contributed by atoms with Crippen LogP contribution in [0.25, 0.3) is 0 Å². The minimum Gasteiger partial charge on any atom is -0.396 e. The molecule has 68 valence electrons. The summed E-state index contributed by atoms with van der Waals surface area (Å²) < 4.78 is 1.91. The van der Waals surface area contributed by atoms with Gasteiger partial charge in [0, 0.05) is 0 Å². The molecule has 0 bridgehead atoms. The van der Waals surface area contributed by atoms with Gasteiger partial charge in [0.1, 0.15) is 0 Å². The fourth-order valence-electron chi connectivity index (χ4n) is 1.12. The third-order valence-electron chi connectivity index (χ3n) is 1.85. The molecule has 1 rings (SSSR count). The van der Waals surface area contributed by atoms with Crippen LogP contribution < -0.4 is 5.73 Å². The van der Waals surface area contributed by atoms with Crippen molar-refractivity contribution in [2.45, 2.75) is 20.5 Å². The second-order valence-corrected chi connectivity index (χ2v) is 3.31. The number of hydrogen-bond acceptors (Lipinski definition) is 3. The van der Waals surface area contributed by atoms with Crippen molar-refractivity contribution in [1.82, 2.24) is 14.7 Å². The molecule has 0 aliphatic heterocycles. The second kappa shape index (κ2) is 3.15. The summed E-state index contributed by atoms with van der Waals surface area (Å²) in [6, 6.07) is 0. The number of aromatic nitrogens is 2. The van der Waals surface area contributed by atoms with Crippen LogP contribution in [0.2, 0.25) is 0 Å². The van der Waals surface area contributed by atoms with Crippen LogP contribution in [-0.2, 0) is 6.67 Å². The summed E-state index contributed by atoms with van der Waals surface area (Å²) in [5.41, 5.74) is 8.53. The largest absolute Gasteiger partial charge is 0.396 e. The molecule has 0 saturated carbocycles. The molecule has 0 aromatic carbocycles. The SMILES string of the molecule is Cc1nn(CN(C)C)c(C)c1N. The molecule has 1 heterocycles. The van der Waals surface area contributed by atoms with E-state index in [2.05, 4.69) is 10.00 Å². The second-order valence-electron chi connectivity index (χ2n) is 3.31. The average Bonchev–Trinajstić information content (AvgIpc) is 2.17. The maximum Gasteiger partial charge on any atom is 0.0927 e. The topological polar surface area (TPSA) is 47.1 Å². The number of nitrogen functional groups attached to an aromatic ring is 1. The zero-order valence-corrected chi connectivity index (χ0v) is 8.13. The summed E-state index contributed by atoms with van der Waals surface area (Å²) >= 11 is 0. The summed E-state index contributed by atoms with van der Waals surface area (Å²) in [6.07, 6.45) is 0. The van der Waals surface area contributed by atoms with Crippen LogP contribution in [0, 0.1) is 13.8 Å². The highest BCUT2D eigenvalue weighted by Crippen LogP contribution is 2.14. The fraction of sp³-hybridized carbons (Fsp3) is 0.625. The van der Waals surface area contributed by atoms with E-state index in [9.17, 15) is 0 Å². The Morgan fingerprint density at radius 3 is 2.33 bits per heavy atom. The van der Waals surface area contributed by atoms with E-state index in [1.165, 1.54) is 0 Å². The van der Waals surface area contributed by atoms with Gasteiger partial charge in [0.25, 0.3) is 0 Å². The van der Waals surface area contributed by atoms with Gasteiger partial charge in [-0.1, -0.05) is 0 Å². The zero-order chi connectivity index (χ0) is 9.30. The summed E-state index contributed by atoms with van der Waals surface area (Å²) in [4.78, 5) is 2.05. The van der Waals surface area contributed by atoms with Crippen LogP contribution in [0.15, 0.2) is 0 Å². The smallest absolute Gasteiger partial charge is 0.0927 e. The minimum absolute atomic E-state index is 0.782. The third-order valence-corrected chi connectivity index (χ3v) is 1.85. The van der Waals surface area contributed by atoms with E-state index in [0.29, 0.717) is 0 Å². The lowest BCUT2D eigenvalue weighted by Crippen LogP contribution is -2.18. The van der Waals surface area contributed by atoms with Crippen LogP contribution in [0.5, 0.6) is 0 Å². The van der Waals surface area contributed by atoms with E-state index in [1.807, 2.05) is 32.6 Å². The molecule has 0 saturated heterocycles. The van der Waals surface area contributed by atoms with E-state index >= 15 is 0 Å². The molecule has 0 fully saturated rings. The minimum atomic E-state index is 0.782. The molecular formula is C8H16N4. The first-order valence-electron chi connectivity index (χ1n) is 3.96. The van der Waals surface area contributed by atoms with Crippen molar-refractivity contribution in [3.63, 3.8) is 0 Å². The number of nitrogens with zero attached hydrogens (tertiary/aromatic N) is 3. The van der Waals surface area contributed by atoms with Crippen molar-refractivity contribution in [2.75, 3.05) is 19.8 Å². The molecular weight excluding hydrogens is 152 g/mol. The van der Waals surface area contributed by atoms with Gasteiger partial charge < -0.3 is 5.73 Å². The van der Waals surface area contributed by atoms with Crippen molar-refractivity contribution in [1.29, 1.82) is 0 Å². The van der Waals surface area contributed by atoms with E-state index in [0.717, 1.165) is 23.7 Å². The number of nitrogens with two attached hydrogens (primary N) is 1. The molecule has 0 atom stereocenters. The van der Waals surface area contributed by atoms with Crippen LogP contribution in [0.1, 0.15) is 11.4 Å². The van der Waals surface area contributed by atoms with E-state index in [-0.39, 0.29) is 0 Å². The number of rotatable bonds is 2. The van der Waals surface area contributed by atoms with Crippen molar-refractivity contribution < 1.29 is 0 Å². The Morgan fingerprint density at radius 1 is 1.42 bits per heavy atom. The molecule has 0 aliphatic rings. The molecule has 12 heavy (non-hydrogen) atoms. The fourth-order valence-corrected chi connectivity index (χ4v) is 1.12. The van der Waals surface area contributed by atoms with E-state index in [1.54, 1.807) is 0 Å². The van der Waals surface area contributed by atoms with Gasteiger partial charge in [-0.25, -0.2) is 0 Å².